The Hall–Kier alpha value is -2.41. The van der Waals surface area contributed by atoms with E-state index in [9.17, 15) is 0 Å². The molecule has 4 aromatic rings. The van der Waals surface area contributed by atoms with Crippen LogP contribution in [0.15, 0.2) is 97.1 Å². The van der Waals surface area contributed by atoms with Gasteiger partial charge in [-0.3, -0.25) is 0 Å². The third-order valence-corrected chi connectivity index (χ3v) is 10.2. The van der Waals surface area contributed by atoms with Crippen molar-refractivity contribution in [3.8, 4) is 5.75 Å². The van der Waals surface area contributed by atoms with Crippen LogP contribution in [0.25, 0.3) is 0 Å². The Morgan fingerprint density at radius 2 is 1.03 bits per heavy atom. The minimum absolute atomic E-state index is 0. The summed E-state index contributed by atoms with van der Waals surface area (Å²) in [7, 11) is -0.203. The number of methoxy groups -OCH3 is 1. The highest BCUT2D eigenvalue weighted by Crippen LogP contribution is 2.58. The van der Waals surface area contributed by atoms with E-state index in [2.05, 4.69) is 112 Å². The third kappa shape index (κ3) is 4.98. The smallest absolute Gasteiger partial charge is 0.119 e. The average molecular weight is 505 g/mol. The van der Waals surface area contributed by atoms with Crippen molar-refractivity contribution in [3.63, 3.8) is 0 Å². The SMILES string of the molecule is COc1cccc(C[P+](c2cccc(C)c2)(c2cccc(C)c2)c2cccc(C)c2)c1.[Br-]. The molecule has 0 bridgehead atoms. The second-order valence-corrected chi connectivity index (χ2v) is 11.8. The Bertz CT molecular complexity index is 1090. The molecule has 32 heavy (non-hydrogen) atoms. The molecule has 0 saturated heterocycles. The minimum Gasteiger partial charge on any atom is -1.00 e. The van der Waals surface area contributed by atoms with Crippen molar-refractivity contribution in [3.05, 3.63) is 119 Å². The normalized spacial score (nSPS) is 11.0. The van der Waals surface area contributed by atoms with Crippen molar-refractivity contribution >= 4 is 23.2 Å². The molecule has 0 aliphatic rings. The molecule has 0 saturated carbocycles. The highest BCUT2D eigenvalue weighted by Gasteiger charge is 2.45. The van der Waals surface area contributed by atoms with Gasteiger partial charge in [0.2, 0.25) is 0 Å². The van der Waals surface area contributed by atoms with E-state index in [1.807, 2.05) is 6.07 Å². The number of rotatable bonds is 6. The number of halogens is 1. The predicted octanol–water partition coefficient (Wildman–Crippen LogP) is 3.12. The Balaban J connectivity index is 0.00000289. The van der Waals surface area contributed by atoms with Crippen LogP contribution in [0.2, 0.25) is 0 Å². The van der Waals surface area contributed by atoms with E-state index in [-0.39, 0.29) is 17.0 Å². The zero-order chi connectivity index (χ0) is 21.8. The molecule has 164 valence electrons. The lowest BCUT2D eigenvalue weighted by atomic mass is 10.2. The van der Waals surface area contributed by atoms with Gasteiger partial charge in [0.25, 0.3) is 0 Å². The molecule has 0 aromatic heterocycles. The quantitative estimate of drug-likeness (QED) is 0.366. The molecule has 0 radical (unpaired) electrons. The first kappa shape index (κ1) is 24.2. The van der Waals surface area contributed by atoms with Crippen LogP contribution >= 0.6 is 7.26 Å². The van der Waals surface area contributed by atoms with Crippen LogP contribution < -0.4 is 37.6 Å². The maximum Gasteiger partial charge on any atom is 0.119 e. The molecule has 0 spiro atoms. The van der Waals surface area contributed by atoms with Crippen molar-refractivity contribution in [2.75, 3.05) is 7.11 Å². The maximum absolute atomic E-state index is 5.56. The van der Waals surface area contributed by atoms with E-state index in [0.717, 1.165) is 11.9 Å². The summed E-state index contributed by atoms with van der Waals surface area (Å²) in [6.07, 6.45) is 0.959. The molecule has 4 rings (SSSR count). The van der Waals surface area contributed by atoms with Gasteiger partial charge in [-0.05, 0) is 91.6 Å². The summed E-state index contributed by atoms with van der Waals surface area (Å²) < 4.78 is 5.56. The van der Waals surface area contributed by atoms with E-state index < -0.39 is 7.26 Å². The van der Waals surface area contributed by atoms with Gasteiger partial charge in [-0.2, -0.15) is 0 Å². The second kappa shape index (κ2) is 10.5. The predicted molar refractivity (Wildman–Crippen MR) is 136 cm³/mol. The van der Waals surface area contributed by atoms with Crippen molar-refractivity contribution in [2.45, 2.75) is 26.9 Å². The van der Waals surface area contributed by atoms with Crippen molar-refractivity contribution in [2.24, 2.45) is 0 Å². The number of ether oxygens (including phenoxy) is 1. The van der Waals surface area contributed by atoms with E-state index in [1.165, 1.54) is 38.2 Å². The van der Waals surface area contributed by atoms with Gasteiger partial charge in [0.15, 0.2) is 0 Å². The van der Waals surface area contributed by atoms with Crippen LogP contribution in [0.1, 0.15) is 22.3 Å². The molecular weight excluding hydrogens is 475 g/mol. The molecule has 0 unspecified atom stereocenters. The second-order valence-electron chi connectivity index (χ2n) is 8.34. The topological polar surface area (TPSA) is 9.23 Å². The fourth-order valence-corrected chi connectivity index (χ4v) is 8.84. The molecule has 0 fully saturated rings. The zero-order valence-corrected chi connectivity index (χ0v) is 21.7. The van der Waals surface area contributed by atoms with Crippen LogP contribution in [0.5, 0.6) is 5.75 Å². The van der Waals surface area contributed by atoms with Crippen molar-refractivity contribution < 1.29 is 21.7 Å². The van der Waals surface area contributed by atoms with E-state index in [1.54, 1.807) is 7.11 Å². The summed E-state index contributed by atoms with van der Waals surface area (Å²) in [6.45, 7) is 6.57. The largest absolute Gasteiger partial charge is 1.00 e. The van der Waals surface area contributed by atoms with Crippen LogP contribution in [-0.2, 0) is 6.16 Å². The molecule has 0 aliphatic carbocycles. The van der Waals surface area contributed by atoms with Gasteiger partial charge >= 0.3 is 0 Å². The molecule has 1 nitrogen and oxygen atoms in total. The summed E-state index contributed by atoms with van der Waals surface area (Å²) in [6, 6.07) is 35.9. The standard InChI is InChI=1S/C29H30OP.BrH/c1-22-9-5-14-27(17-22)31(28-15-6-10-23(2)18-28,29-16-7-11-24(3)19-29)21-25-12-8-13-26(20-25)30-4;/h5-20H,21H2,1-4H3;1H/q+1;/p-1. The van der Waals surface area contributed by atoms with Gasteiger partial charge in [-0.15, -0.1) is 0 Å². The van der Waals surface area contributed by atoms with Crippen LogP contribution in [0.3, 0.4) is 0 Å². The number of aryl methyl sites for hydroxylation is 3. The Morgan fingerprint density at radius 3 is 1.44 bits per heavy atom. The zero-order valence-electron chi connectivity index (χ0n) is 19.2. The molecule has 0 aliphatic heterocycles. The summed E-state index contributed by atoms with van der Waals surface area (Å²) in [5.74, 6) is 0.910. The first-order valence-corrected chi connectivity index (χ1v) is 12.7. The summed E-state index contributed by atoms with van der Waals surface area (Å²) >= 11 is 0. The van der Waals surface area contributed by atoms with E-state index in [4.69, 9.17) is 4.74 Å². The first-order valence-electron chi connectivity index (χ1n) is 10.7. The summed E-state index contributed by atoms with van der Waals surface area (Å²) in [4.78, 5) is 0. The highest BCUT2D eigenvalue weighted by atomic mass is 79.9. The van der Waals surface area contributed by atoms with E-state index in [0.29, 0.717) is 0 Å². The monoisotopic (exact) mass is 504 g/mol. The fraction of sp³-hybridized carbons (Fsp3) is 0.172. The molecule has 0 amide bonds. The molecule has 0 N–H and O–H groups in total. The summed E-state index contributed by atoms with van der Waals surface area (Å²) in [5, 5.41) is 4.27. The fourth-order valence-electron chi connectivity index (χ4n) is 4.36. The summed E-state index contributed by atoms with van der Waals surface area (Å²) in [5.41, 5.74) is 5.20. The maximum atomic E-state index is 5.56. The van der Waals surface area contributed by atoms with Crippen molar-refractivity contribution in [1.29, 1.82) is 0 Å². The van der Waals surface area contributed by atoms with Gasteiger partial charge in [0.05, 0.1) is 13.3 Å². The lowest BCUT2D eigenvalue weighted by Crippen LogP contribution is -3.00. The molecular formula is C29H30BrOP. The third-order valence-electron chi connectivity index (χ3n) is 5.88. The van der Waals surface area contributed by atoms with Crippen LogP contribution in [0, 0.1) is 20.8 Å². The number of benzene rings is 4. The van der Waals surface area contributed by atoms with Gasteiger partial charge in [-0.1, -0.05) is 48.5 Å². The van der Waals surface area contributed by atoms with Crippen LogP contribution in [0.4, 0.5) is 0 Å². The average Bonchev–Trinajstić information content (AvgIpc) is 2.77. The number of hydrogen-bond donors (Lipinski definition) is 0. The van der Waals surface area contributed by atoms with Crippen molar-refractivity contribution in [1.82, 2.24) is 0 Å². The Kier molecular flexibility index (Phi) is 7.93. The molecule has 3 heteroatoms. The van der Waals surface area contributed by atoms with Gasteiger partial charge in [-0.25, -0.2) is 0 Å². The van der Waals surface area contributed by atoms with Gasteiger partial charge in [0, 0.05) is 0 Å². The van der Waals surface area contributed by atoms with Crippen LogP contribution in [-0.4, -0.2) is 7.11 Å². The Morgan fingerprint density at radius 1 is 0.594 bits per heavy atom. The first-order chi connectivity index (χ1) is 15.0. The molecule has 4 aromatic carbocycles. The van der Waals surface area contributed by atoms with Gasteiger partial charge < -0.3 is 21.7 Å². The molecule has 0 heterocycles. The highest BCUT2D eigenvalue weighted by molar-refractivity contribution is 7.95. The molecule has 0 atom stereocenters. The van der Waals surface area contributed by atoms with Gasteiger partial charge in [0.1, 0.15) is 28.9 Å². The van der Waals surface area contributed by atoms with E-state index >= 15 is 0 Å². The lowest BCUT2D eigenvalue weighted by molar-refractivity contribution is -0.00000669. The number of hydrogen-bond acceptors (Lipinski definition) is 1. The Labute approximate surface area is 203 Å². The minimum atomic E-state index is -1.94. The lowest BCUT2D eigenvalue weighted by Gasteiger charge is -2.28.